The highest BCUT2D eigenvalue weighted by Gasteiger charge is 2.51. The van der Waals surface area contributed by atoms with E-state index in [0.29, 0.717) is 18.2 Å². The number of nitrogens with zero attached hydrogens (tertiary/aromatic N) is 1. The van der Waals surface area contributed by atoms with E-state index < -0.39 is 0 Å². The first-order valence-corrected chi connectivity index (χ1v) is 7.98. The third-order valence-electron chi connectivity index (χ3n) is 4.54. The summed E-state index contributed by atoms with van der Waals surface area (Å²) in [6.07, 6.45) is 1.67. The SMILES string of the molecule is COc1ccc(Br)cc1CN1C(=O)C2CC(C)CC2C1=O. The molecule has 4 nitrogen and oxygen atoms in total. The molecule has 0 bridgehead atoms. The van der Waals surface area contributed by atoms with Crippen molar-refractivity contribution in [2.75, 3.05) is 7.11 Å². The molecule has 2 atom stereocenters. The summed E-state index contributed by atoms with van der Waals surface area (Å²) >= 11 is 3.42. The number of hydrogen-bond acceptors (Lipinski definition) is 3. The topological polar surface area (TPSA) is 46.6 Å². The first kappa shape index (κ1) is 14.6. The molecule has 2 fully saturated rings. The second-order valence-corrected chi connectivity index (χ2v) is 6.92. The molecule has 1 heterocycles. The molecule has 2 aliphatic rings. The molecule has 2 unspecified atom stereocenters. The number of benzene rings is 1. The zero-order valence-electron chi connectivity index (χ0n) is 12.1. The van der Waals surface area contributed by atoms with Gasteiger partial charge in [-0.2, -0.15) is 0 Å². The van der Waals surface area contributed by atoms with Crippen molar-refractivity contribution >= 4 is 27.7 Å². The summed E-state index contributed by atoms with van der Waals surface area (Å²) in [5, 5.41) is 0. The van der Waals surface area contributed by atoms with Crippen LogP contribution >= 0.6 is 15.9 Å². The first-order valence-electron chi connectivity index (χ1n) is 7.19. The molecule has 1 aliphatic heterocycles. The van der Waals surface area contributed by atoms with Gasteiger partial charge in [0.05, 0.1) is 25.5 Å². The van der Waals surface area contributed by atoms with Crippen LogP contribution < -0.4 is 4.74 Å². The van der Waals surface area contributed by atoms with E-state index in [1.807, 2.05) is 18.2 Å². The minimum Gasteiger partial charge on any atom is -0.496 e. The summed E-state index contributed by atoms with van der Waals surface area (Å²) < 4.78 is 6.23. The van der Waals surface area contributed by atoms with Gasteiger partial charge in [-0.15, -0.1) is 0 Å². The Balaban J connectivity index is 1.85. The third-order valence-corrected chi connectivity index (χ3v) is 5.03. The fourth-order valence-corrected chi connectivity index (χ4v) is 3.95. The number of methoxy groups -OCH3 is 1. The predicted octanol–water partition coefficient (Wildman–Crippen LogP) is 2.99. The van der Waals surface area contributed by atoms with E-state index in [9.17, 15) is 9.59 Å². The molecule has 21 heavy (non-hydrogen) atoms. The van der Waals surface area contributed by atoms with Crippen molar-refractivity contribution in [2.45, 2.75) is 26.3 Å². The molecule has 2 amide bonds. The van der Waals surface area contributed by atoms with Gasteiger partial charge in [-0.25, -0.2) is 0 Å². The highest BCUT2D eigenvalue weighted by Crippen LogP contribution is 2.43. The predicted molar refractivity (Wildman–Crippen MR) is 81.6 cm³/mol. The summed E-state index contributed by atoms with van der Waals surface area (Å²) in [7, 11) is 1.59. The zero-order valence-corrected chi connectivity index (χ0v) is 13.7. The normalized spacial score (nSPS) is 28.1. The van der Waals surface area contributed by atoms with E-state index >= 15 is 0 Å². The lowest BCUT2D eigenvalue weighted by atomic mass is 10.00. The smallest absolute Gasteiger partial charge is 0.233 e. The van der Waals surface area contributed by atoms with Crippen molar-refractivity contribution in [2.24, 2.45) is 17.8 Å². The van der Waals surface area contributed by atoms with Crippen molar-refractivity contribution in [1.29, 1.82) is 0 Å². The fraction of sp³-hybridized carbons (Fsp3) is 0.500. The first-order chi connectivity index (χ1) is 10.0. The van der Waals surface area contributed by atoms with Gasteiger partial charge in [0.15, 0.2) is 0 Å². The van der Waals surface area contributed by atoms with Gasteiger partial charge in [-0.05, 0) is 37.0 Å². The molecule has 0 aromatic heterocycles. The molecule has 0 radical (unpaired) electrons. The van der Waals surface area contributed by atoms with Crippen LogP contribution in [0.25, 0.3) is 0 Å². The highest BCUT2D eigenvalue weighted by atomic mass is 79.9. The molecule has 1 aromatic carbocycles. The van der Waals surface area contributed by atoms with Crippen LogP contribution in [0.15, 0.2) is 22.7 Å². The van der Waals surface area contributed by atoms with Crippen LogP contribution in [0.1, 0.15) is 25.3 Å². The molecule has 1 saturated heterocycles. The van der Waals surface area contributed by atoms with Gasteiger partial charge >= 0.3 is 0 Å². The molecule has 1 saturated carbocycles. The lowest BCUT2D eigenvalue weighted by Gasteiger charge is -2.18. The summed E-state index contributed by atoms with van der Waals surface area (Å²) in [6, 6.07) is 5.62. The van der Waals surface area contributed by atoms with Crippen LogP contribution in [0.4, 0.5) is 0 Å². The average molecular weight is 352 g/mol. The molecular formula is C16H18BrNO3. The second-order valence-electron chi connectivity index (χ2n) is 6.01. The standard InChI is InChI=1S/C16H18BrNO3/c1-9-5-12-13(6-9)16(20)18(15(12)19)8-10-7-11(17)3-4-14(10)21-2/h3-4,7,9,12-13H,5-6,8H2,1-2H3. The number of carbonyl (C=O) groups is 2. The monoisotopic (exact) mass is 351 g/mol. The van der Waals surface area contributed by atoms with Gasteiger partial charge in [0.25, 0.3) is 0 Å². The van der Waals surface area contributed by atoms with E-state index in [1.165, 1.54) is 4.90 Å². The minimum atomic E-state index is -0.106. The Labute approximate surface area is 132 Å². The van der Waals surface area contributed by atoms with Crippen molar-refractivity contribution in [3.05, 3.63) is 28.2 Å². The number of rotatable bonds is 3. The molecule has 0 N–H and O–H groups in total. The Morgan fingerprint density at radius 1 is 1.24 bits per heavy atom. The number of likely N-dealkylation sites (tertiary alicyclic amines) is 1. The highest BCUT2D eigenvalue weighted by molar-refractivity contribution is 9.10. The van der Waals surface area contributed by atoms with Crippen LogP contribution in [0.2, 0.25) is 0 Å². The Kier molecular flexibility index (Phi) is 3.78. The van der Waals surface area contributed by atoms with Crippen LogP contribution in [0, 0.1) is 17.8 Å². The Hall–Kier alpha value is -1.36. The fourth-order valence-electron chi connectivity index (χ4n) is 3.54. The van der Waals surface area contributed by atoms with Gasteiger partial charge < -0.3 is 4.74 Å². The van der Waals surface area contributed by atoms with E-state index in [-0.39, 0.29) is 23.7 Å². The van der Waals surface area contributed by atoms with Crippen molar-refractivity contribution in [3.63, 3.8) is 0 Å². The summed E-state index contributed by atoms with van der Waals surface area (Å²) in [6.45, 7) is 2.40. The number of halogens is 1. The van der Waals surface area contributed by atoms with E-state index in [4.69, 9.17) is 4.74 Å². The van der Waals surface area contributed by atoms with Crippen LogP contribution in [-0.4, -0.2) is 23.8 Å². The maximum Gasteiger partial charge on any atom is 0.233 e. The van der Waals surface area contributed by atoms with E-state index in [0.717, 1.165) is 22.9 Å². The third kappa shape index (κ3) is 2.48. The molecule has 1 aliphatic carbocycles. The largest absolute Gasteiger partial charge is 0.496 e. The molecule has 1 aromatic rings. The Morgan fingerprint density at radius 2 is 1.86 bits per heavy atom. The molecule has 3 rings (SSSR count). The Morgan fingerprint density at radius 3 is 2.43 bits per heavy atom. The number of carbonyl (C=O) groups excluding carboxylic acids is 2. The minimum absolute atomic E-state index is 0.0172. The average Bonchev–Trinajstić information content (AvgIpc) is 2.93. The Bertz CT molecular complexity index is 577. The van der Waals surface area contributed by atoms with Crippen LogP contribution in [0.5, 0.6) is 5.75 Å². The van der Waals surface area contributed by atoms with Crippen LogP contribution in [0.3, 0.4) is 0 Å². The lowest BCUT2D eigenvalue weighted by molar-refractivity contribution is -0.141. The van der Waals surface area contributed by atoms with Crippen molar-refractivity contribution in [1.82, 2.24) is 4.90 Å². The number of imide groups is 1. The molecule has 112 valence electrons. The van der Waals surface area contributed by atoms with Gasteiger partial charge in [-0.1, -0.05) is 22.9 Å². The number of amides is 2. The molecular weight excluding hydrogens is 334 g/mol. The van der Waals surface area contributed by atoms with Gasteiger partial charge in [0.2, 0.25) is 11.8 Å². The van der Waals surface area contributed by atoms with Crippen molar-refractivity contribution in [3.8, 4) is 5.75 Å². The van der Waals surface area contributed by atoms with Gasteiger partial charge in [0.1, 0.15) is 5.75 Å². The van der Waals surface area contributed by atoms with E-state index in [2.05, 4.69) is 22.9 Å². The summed E-state index contributed by atoms with van der Waals surface area (Å²) in [4.78, 5) is 26.4. The van der Waals surface area contributed by atoms with Crippen LogP contribution in [-0.2, 0) is 16.1 Å². The van der Waals surface area contributed by atoms with Crippen molar-refractivity contribution < 1.29 is 14.3 Å². The van der Waals surface area contributed by atoms with Gasteiger partial charge in [0, 0.05) is 10.0 Å². The maximum absolute atomic E-state index is 12.5. The number of fused-ring (bicyclic) bond motifs is 1. The number of ether oxygens (including phenoxy) is 1. The molecule has 0 spiro atoms. The van der Waals surface area contributed by atoms with Gasteiger partial charge in [-0.3, -0.25) is 14.5 Å². The second kappa shape index (κ2) is 5.44. The quantitative estimate of drug-likeness (QED) is 0.786. The number of hydrogen-bond donors (Lipinski definition) is 0. The summed E-state index contributed by atoms with van der Waals surface area (Å²) in [5.41, 5.74) is 0.849. The lowest BCUT2D eigenvalue weighted by Crippen LogP contribution is -2.31. The molecule has 5 heteroatoms. The zero-order chi connectivity index (χ0) is 15.1. The van der Waals surface area contributed by atoms with E-state index in [1.54, 1.807) is 7.11 Å². The maximum atomic E-state index is 12.5. The summed E-state index contributed by atoms with van der Waals surface area (Å²) in [5.74, 6) is 0.920.